The van der Waals surface area contributed by atoms with E-state index in [4.69, 9.17) is 10.00 Å². The van der Waals surface area contributed by atoms with Crippen molar-refractivity contribution >= 4 is 5.91 Å². The van der Waals surface area contributed by atoms with Crippen LogP contribution in [0.1, 0.15) is 35.4 Å². The van der Waals surface area contributed by atoms with Gasteiger partial charge >= 0.3 is 0 Å². The van der Waals surface area contributed by atoms with Crippen molar-refractivity contribution in [1.29, 1.82) is 5.26 Å². The minimum absolute atomic E-state index is 0.00181. The quantitative estimate of drug-likeness (QED) is 0.702. The molecule has 2 rings (SSSR count). The molecular weight excluding hydrogens is 328 g/mol. The lowest BCUT2D eigenvalue weighted by Crippen LogP contribution is -2.28. The maximum Gasteiger partial charge on any atom is 0.220 e. The van der Waals surface area contributed by atoms with E-state index in [1.807, 2.05) is 49.7 Å². The van der Waals surface area contributed by atoms with E-state index in [2.05, 4.69) is 16.5 Å². The summed E-state index contributed by atoms with van der Waals surface area (Å²) in [5.41, 5.74) is 4.14. The predicted octanol–water partition coefficient (Wildman–Crippen LogP) is 2.85. The number of aromatic nitrogens is 2. The van der Waals surface area contributed by atoms with Gasteiger partial charge in [0, 0.05) is 12.1 Å². The number of nitrogens with one attached hydrogen (secondary N) is 1. The summed E-state index contributed by atoms with van der Waals surface area (Å²) in [6.07, 6.45) is 1.49. The highest BCUT2D eigenvalue weighted by atomic mass is 16.5. The van der Waals surface area contributed by atoms with Gasteiger partial charge in [0.05, 0.1) is 31.3 Å². The SMILES string of the molecule is Cc1ccccc1OCCNC(=O)CCc1c(C)nn(CCC#N)c1C. The van der Waals surface area contributed by atoms with Crippen LogP contribution in [0.15, 0.2) is 24.3 Å². The Kier molecular flexibility index (Phi) is 7.22. The van der Waals surface area contributed by atoms with Gasteiger partial charge in [-0.1, -0.05) is 18.2 Å². The van der Waals surface area contributed by atoms with Crippen LogP contribution in [-0.4, -0.2) is 28.8 Å². The molecule has 0 spiro atoms. The molecule has 1 aromatic heterocycles. The molecule has 0 saturated heterocycles. The molecule has 0 aliphatic rings. The van der Waals surface area contributed by atoms with Gasteiger partial charge < -0.3 is 10.1 Å². The van der Waals surface area contributed by atoms with E-state index in [0.29, 0.717) is 39.0 Å². The van der Waals surface area contributed by atoms with E-state index in [1.165, 1.54) is 0 Å². The Morgan fingerprint density at radius 3 is 2.81 bits per heavy atom. The van der Waals surface area contributed by atoms with Gasteiger partial charge in [-0.05, 0) is 44.4 Å². The average molecular weight is 354 g/mol. The molecule has 1 heterocycles. The van der Waals surface area contributed by atoms with Crippen LogP contribution in [0.4, 0.5) is 0 Å². The van der Waals surface area contributed by atoms with Gasteiger partial charge in [0.2, 0.25) is 5.91 Å². The first-order chi connectivity index (χ1) is 12.5. The highest BCUT2D eigenvalue weighted by Gasteiger charge is 2.12. The van der Waals surface area contributed by atoms with Gasteiger partial charge in [-0.25, -0.2) is 0 Å². The van der Waals surface area contributed by atoms with Crippen molar-refractivity contribution < 1.29 is 9.53 Å². The molecule has 2 aromatic rings. The van der Waals surface area contributed by atoms with Gasteiger partial charge in [-0.15, -0.1) is 0 Å². The van der Waals surface area contributed by atoms with Gasteiger partial charge in [-0.3, -0.25) is 9.48 Å². The lowest BCUT2D eigenvalue weighted by Gasteiger charge is -2.10. The number of para-hydroxylation sites is 1. The fourth-order valence-electron chi connectivity index (χ4n) is 2.87. The minimum Gasteiger partial charge on any atom is -0.491 e. The summed E-state index contributed by atoms with van der Waals surface area (Å²) in [5, 5.41) is 16.1. The van der Waals surface area contributed by atoms with Crippen molar-refractivity contribution in [3.8, 4) is 11.8 Å². The molecule has 1 N–H and O–H groups in total. The standard InChI is InChI=1S/C20H26N4O2/c1-15-7-4-5-8-19(15)26-14-12-22-20(25)10-9-18-16(2)23-24(17(18)3)13-6-11-21/h4-5,7-8H,6,9-10,12-14H2,1-3H3,(H,22,25). The summed E-state index contributed by atoms with van der Waals surface area (Å²) in [4.78, 5) is 12.1. The van der Waals surface area contributed by atoms with Crippen molar-refractivity contribution in [2.45, 2.75) is 46.6 Å². The van der Waals surface area contributed by atoms with Crippen LogP contribution >= 0.6 is 0 Å². The van der Waals surface area contributed by atoms with Crippen LogP contribution in [0.3, 0.4) is 0 Å². The van der Waals surface area contributed by atoms with Gasteiger partial charge in [0.15, 0.2) is 0 Å². The number of aryl methyl sites for hydroxylation is 3. The Bertz CT molecular complexity index is 790. The van der Waals surface area contributed by atoms with E-state index in [-0.39, 0.29) is 5.91 Å². The third-order valence-corrected chi connectivity index (χ3v) is 4.34. The number of rotatable bonds is 9. The molecule has 0 bridgehead atoms. The van der Waals surface area contributed by atoms with E-state index in [0.717, 1.165) is 28.3 Å². The molecule has 0 aliphatic carbocycles. The minimum atomic E-state index is 0.00181. The highest BCUT2D eigenvalue weighted by molar-refractivity contribution is 5.76. The number of hydrogen-bond acceptors (Lipinski definition) is 4. The number of carbonyl (C=O) groups is 1. The van der Waals surface area contributed by atoms with E-state index in [1.54, 1.807) is 0 Å². The lowest BCUT2D eigenvalue weighted by atomic mass is 10.1. The number of hydrogen-bond donors (Lipinski definition) is 1. The number of ether oxygens (including phenoxy) is 1. The van der Waals surface area contributed by atoms with Crippen molar-refractivity contribution in [1.82, 2.24) is 15.1 Å². The molecule has 0 fully saturated rings. The zero-order valence-electron chi connectivity index (χ0n) is 15.7. The Balaban J connectivity index is 1.74. The molecule has 0 saturated carbocycles. The van der Waals surface area contributed by atoms with Crippen molar-refractivity contribution in [3.05, 3.63) is 46.8 Å². The third-order valence-electron chi connectivity index (χ3n) is 4.34. The van der Waals surface area contributed by atoms with Gasteiger partial charge in [0.25, 0.3) is 0 Å². The molecule has 1 amide bonds. The van der Waals surface area contributed by atoms with Crippen LogP contribution in [0.5, 0.6) is 5.75 Å². The predicted molar refractivity (Wildman–Crippen MR) is 99.9 cm³/mol. The molecule has 0 unspecified atom stereocenters. The molecule has 0 atom stereocenters. The first-order valence-corrected chi connectivity index (χ1v) is 8.88. The molecule has 0 radical (unpaired) electrons. The van der Waals surface area contributed by atoms with Crippen molar-refractivity contribution in [2.24, 2.45) is 0 Å². The van der Waals surface area contributed by atoms with Crippen molar-refractivity contribution in [2.75, 3.05) is 13.2 Å². The second-order valence-corrected chi connectivity index (χ2v) is 6.24. The summed E-state index contributed by atoms with van der Waals surface area (Å²) >= 11 is 0. The van der Waals surface area contributed by atoms with Crippen molar-refractivity contribution in [3.63, 3.8) is 0 Å². The van der Waals surface area contributed by atoms with E-state index < -0.39 is 0 Å². The van der Waals surface area contributed by atoms with Crippen LogP contribution in [-0.2, 0) is 17.8 Å². The number of nitriles is 1. The summed E-state index contributed by atoms with van der Waals surface area (Å²) in [6.45, 7) is 7.44. The van der Waals surface area contributed by atoms with Crippen LogP contribution in [0.2, 0.25) is 0 Å². The number of amides is 1. The topological polar surface area (TPSA) is 79.9 Å². The summed E-state index contributed by atoms with van der Waals surface area (Å²) in [6, 6.07) is 9.95. The van der Waals surface area contributed by atoms with Gasteiger partial charge in [0.1, 0.15) is 12.4 Å². The molecule has 1 aromatic carbocycles. The normalized spacial score (nSPS) is 10.4. The molecule has 6 heteroatoms. The zero-order valence-corrected chi connectivity index (χ0v) is 15.7. The largest absolute Gasteiger partial charge is 0.491 e. The Labute approximate surface area is 154 Å². The van der Waals surface area contributed by atoms with Crippen LogP contribution in [0.25, 0.3) is 0 Å². The average Bonchev–Trinajstić information content (AvgIpc) is 2.90. The summed E-state index contributed by atoms with van der Waals surface area (Å²) in [7, 11) is 0. The van der Waals surface area contributed by atoms with Crippen LogP contribution < -0.4 is 10.1 Å². The first-order valence-electron chi connectivity index (χ1n) is 8.88. The number of nitrogens with zero attached hydrogens (tertiary/aromatic N) is 3. The Morgan fingerprint density at radius 1 is 1.31 bits per heavy atom. The van der Waals surface area contributed by atoms with E-state index in [9.17, 15) is 4.79 Å². The molecule has 6 nitrogen and oxygen atoms in total. The summed E-state index contributed by atoms with van der Waals surface area (Å²) < 4.78 is 7.52. The monoisotopic (exact) mass is 354 g/mol. The smallest absolute Gasteiger partial charge is 0.220 e. The fourth-order valence-corrected chi connectivity index (χ4v) is 2.87. The molecule has 26 heavy (non-hydrogen) atoms. The molecular formula is C20H26N4O2. The Morgan fingerprint density at radius 2 is 2.08 bits per heavy atom. The zero-order chi connectivity index (χ0) is 18.9. The lowest BCUT2D eigenvalue weighted by molar-refractivity contribution is -0.121. The second-order valence-electron chi connectivity index (χ2n) is 6.24. The van der Waals surface area contributed by atoms with Gasteiger partial charge in [-0.2, -0.15) is 10.4 Å². The third kappa shape index (κ3) is 5.35. The van der Waals surface area contributed by atoms with E-state index >= 15 is 0 Å². The molecule has 138 valence electrons. The maximum atomic E-state index is 12.1. The first kappa shape index (κ1) is 19.5. The Hall–Kier alpha value is -2.81. The number of carbonyl (C=O) groups excluding carboxylic acids is 1. The number of benzene rings is 1. The van der Waals surface area contributed by atoms with Crippen LogP contribution in [0, 0.1) is 32.1 Å². The maximum absolute atomic E-state index is 12.1. The summed E-state index contributed by atoms with van der Waals surface area (Å²) in [5.74, 6) is 0.847. The second kappa shape index (κ2) is 9.62. The molecule has 0 aliphatic heterocycles. The fraction of sp³-hybridized carbons (Fsp3) is 0.450. The highest BCUT2D eigenvalue weighted by Crippen LogP contribution is 2.16.